The fourth-order valence-corrected chi connectivity index (χ4v) is 2.75. The normalized spacial score (nSPS) is 14.1. The summed E-state index contributed by atoms with van der Waals surface area (Å²) in [5, 5.41) is 2.94. The van der Waals surface area contributed by atoms with Crippen molar-refractivity contribution in [3.8, 4) is 0 Å². The van der Waals surface area contributed by atoms with Crippen LogP contribution in [0.3, 0.4) is 0 Å². The molecule has 0 unspecified atom stereocenters. The fourth-order valence-electron chi connectivity index (χ4n) is 2.10. The molecule has 5 heteroatoms. The van der Waals surface area contributed by atoms with Crippen molar-refractivity contribution in [2.45, 2.75) is 31.6 Å². The van der Waals surface area contributed by atoms with Gasteiger partial charge in [0.1, 0.15) is 0 Å². The number of nitrogens with one attached hydrogen (secondary N) is 1. The molecule has 1 N–H and O–H groups in total. The quantitative estimate of drug-likeness (QED) is 0.839. The smallest absolute Gasteiger partial charge is 0.241 e. The molecule has 0 aliphatic carbocycles. The number of carbonyl (C=O) groups excluding carboxylic acids is 1. The summed E-state index contributed by atoms with van der Waals surface area (Å²) < 4.78 is 11.2. The van der Waals surface area contributed by atoms with Gasteiger partial charge in [-0.3, -0.25) is 13.9 Å². The third-order valence-electron chi connectivity index (χ3n) is 3.05. The minimum absolute atomic E-state index is 0.00613. The van der Waals surface area contributed by atoms with Crippen LogP contribution < -0.4 is 5.32 Å². The Morgan fingerprint density at radius 3 is 2.65 bits per heavy atom. The summed E-state index contributed by atoms with van der Waals surface area (Å²) in [7, 11) is 2.95. The standard InChI is InChI=1S/C15H24N2O2S/c1-5-7-14(17(2)3)15(18)16-13-9-6-8-12(10-13)11-20(4)19/h6,8-10,14H,5,7,11H2,1-4H3,(H,16,18)/t14-,20+/m1/s1. The van der Waals surface area contributed by atoms with Crippen molar-refractivity contribution in [2.75, 3.05) is 25.7 Å². The van der Waals surface area contributed by atoms with Crippen LogP contribution in [0, 0.1) is 0 Å². The third kappa shape index (κ3) is 5.43. The average molecular weight is 296 g/mol. The van der Waals surface area contributed by atoms with Gasteiger partial charge in [-0.15, -0.1) is 0 Å². The van der Waals surface area contributed by atoms with Gasteiger partial charge in [0, 0.05) is 28.5 Å². The van der Waals surface area contributed by atoms with E-state index < -0.39 is 10.8 Å². The Balaban J connectivity index is 2.76. The SMILES string of the molecule is CCC[C@H](C(=O)Nc1cccc(C[S@](C)=O)c1)N(C)C. The van der Waals surface area contributed by atoms with Crippen molar-refractivity contribution in [3.05, 3.63) is 29.8 Å². The minimum Gasteiger partial charge on any atom is -0.325 e. The second-order valence-electron chi connectivity index (χ2n) is 5.18. The number of hydrogen-bond acceptors (Lipinski definition) is 3. The van der Waals surface area contributed by atoms with Gasteiger partial charge in [0.05, 0.1) is 6.04 Å². The van der Waals surface area contributed by atoms with Gasteiger partial charge in [0.2, 0.25) is 5.91 Å². The molecular formula is C15H24N2O2S. The predicted molar refractivity (Wildman–Crippen MR) is 85.2 cm³/mol. The van der Waals surface area contributed by atoms with Gasteiger partial charge >= 0.3 is 0 Å². The maximum Gasteiger partial charge on any atom is 0.241 e. The lowest BCUT2D eigenvalue weighted by Gasteiger charge is -2.23. The van der Waals surface area contributed by atoms with Gasteiger partial charge in [-0.1, -0.05) is 25.5 Å². The molecule has 0 aliphatic heterocycles. The molecule has 0 saturated heterocycles. The summed E-state index contributed by atoms with van der Waals surface area (Å²) in [6.07, 6.45) is 3.47. The lowest BCUT2D eigenvalue weighted by molar-refractivity contribution is -0.120. The number of likely N-dealkylation sites (N-methyl/N-ethyl adjacent to an activating group) is 1. The summed E-state index contributed by atoms with van der Waals surface area (Å²) in [6, 6.07) is 7.43. The van der Waals surface area contributed by atoms with E-state index in [4.69, 9.17) is 0 Å². The lowest BCUT2D eigenvalue weighted by Crippen LogP contribution is -2.39. The van der Waals surface area contributed by atoms with Crippen LogP contribution in [0.1, 0.15) is 25.3 Å². The van der Waals surface area contributed by atoms with Crippen molar-refractivity contribution >= 4 is 22.4 Å². The molecule has 0 bridgehead atoms. The predicted octanol–water partition coefficient (Wildman–Crippen LogP) is 2.23. The zero-order chi connectivity index (χ0) is 15.1. The number of carbonyl (C=O) groups is 1. The van der Waals surface area contributed by atoms with Crippen LogP contribution in [0.5, 0.6) is 0 Å². The van der Waals surface area contributed by atoms with Crippen LogP contribution >= 0.6 is 0 Å². The number of amides is 1. The molecule has 112 valence electrons. The maximum absolute atomic E-state index is 12.3. The highest BCUT2D eigenvalue weighted by atomic mass is 32.2. The molecule has 2 atom stereocenters. The Kier molecular flexibility index (Phi) is 6.88. The van der Waals surface area contributed by atoms with E-state index in [0.29, 0.717) is 5.75 Å². The number of rotatable bonds is 7. The van der Waals surface area contributed by atoms with Crippen LogP contribution in [0.15, 0.2) is 24.3 Å². The zero-order valence-electron chi connectivity index (χ0n) is 12.7. The van der Waals surface area contributed by atoms with Gasteiger partial charge in [-0.25, -0.2) is 0 Å². The van der Waals surface area contributed by atoms with E-state index in [1.54, 1.807) is 6.26 Å². The molecule has 0 radical (unpaired) electrons. The van der Waals surface area contributed by atoms with Crippen LogP contribution in [0.25, 0.3) is 0 Å². The molecule has 1 rings (SSSR count). The highest BCUT2D eigenvalue weighted by Gasteiger charge is 2.19. The number of anilines is 1. The first-order chi connectivity index (χ1) is 9.43. The van der Waals surface area contributed by atoms with Crippen molar-refractivity contribution in [1.29, 1.82) is 0 Å². The van der Waals surface area contributed by atoms with Gasteiger partial charge in [0.15, 0.2) is 0 Å². The number of hydrogen-bond donors (Lipinski definition) is 1. The topological polar surface area (TPSA) is 49.4 Å². The van der Waals surface area contributed by atoms with E-state index in [9.17, 15) is 9.00 Å². The minimum atomic E-state index is -0.878. The highest BCUT2D eigenvalue weighted by molar-refractivity contribution is 7.83. The second kappa shape index (κ2) is 8.17. The molecule has 0 saturated carbocycles. The largest absolute Gasteiger partial charge is 0.325 e. The van der Waals surface area contributed by atoms with E-state index in [0.717, 1.165) is 24.1 Å². The Bertz CT molecular complexity index is 475. The summed E-state index contributed by atoms with van der Waals surface area (Å²) >= 11 is 0. The first-order valence-electron chi connectivity index (χ1n) is 6.80. The molecule has 0 heterocycles. The number of nitrogens with zero attached hydrogens (tertiary/aromatic N) is 1. The van der Waals surface area contributed by atoms with Gasteiger partial charge in [-0.2, -0.15) is 0 Å². The molecule has 1 aromatic carbocycles. The molecule has 0 spiro atoms. The molecular weight excluding hydrogens is 272 g/mol. The van der Waals surface area contributed by atoms with Gasteiger partial charge in [0.25, 0.3) is 0 Å². The van der Waals surface area contributed by atoms with Crippen LogP contribution in [-0.2, 0) is 21.3 Å². The maximum atomic E-state index is 12.3. The fraction of sp³-hybridized carbons (Fsp3) is 0.533. The molecule has 1 amide bonds. The van der Waals surface area contributed by atoms with E-state index >= 15 is 0 Å². The van der Waals surface area contributed by atoms with Crippen molar-refractivity contribution in [3.63, 3.8) is 0 Å². The Morgan fingerprint density at radius 2 is 2.10 bits per heavy atom. The molecule has 20 heavy (non-hydrogen) atoms. The summed E-state index contributed by atoms with van der Waals surface area (Å²) in [5.41, 5.74) is 1.74. The van der Waals surface area contributed by atoms with Crippen LogP contribution in [0.2, 0.25) is 0 Å². The Hall–Kier alpha value is -1.20. The molecule has 0 aromatic heterocycles. The van der Waals surface area contributed by atoms with E-state index in [1.165, 1.54) is 0 Å². The lowest BCUT2D eigenvalue weighted by atomic mass is 10.1. The molecule has 0 aliphatic rings. The van der Waals surface area contributed by atoms with Crippen LogP contribution in [0.4, 0.5) is 5.69 Å². The Morgan fingerprint density at radius 1 is 1.40 bits per heavy atom. The van der Waals surface area contributed by atoms with E-state index in [1.807, 2.05) is 43.3 Å². The second-order valence-corrected chi connectivity index (χ2v) is 6.61. The van der Waals surface area contributed by atoms with Crippen molar-refractivity contribution < 1.29 is 9.00 Å². The average Bonchev–Trinajstić information content (AvgIpc) is 2.34. The first kappa shape index (κ1) is 16.9. The van der Waals surface area contributed by atoms with Crippen molar-refractivity contribution in [1.82, 2.24) is 4.90 Å². The highest BCUT2D eigenvalue weighted by Crippen LogP contribution is 2.14. The monoisotopic (exact) mass is 296 g/mol. The van der Waals surface area contributed by atoms with E-state index in [-0.39, 0.29) is 11.9 Å². The van der Waals surface area contributed by atoms with Gasteiger partial charge in [-0.05, 0) is 38.2 Å². The summed E-state index contributed by atoms with van der Waals surface area (Å²) in [4.78, 5) is 14.2. The molecule has 4 nitrogen and oxygen atoms in total. The number of benzene rings is 1. The molecule has 1 aromatic rings. The first-order valence-corrected chi connectivity index (χ1v) is 8.53. The van der Waals surface area contributed by atoms with Gasteiger partial charge < -0.3 is 5.32 Å². The third-order valence-corrected chi connectivity index (χ3v) is 3.79. The van der Waals surface area contributed by atoms with Crippen molar-refractivity contribution in [2.24, 2.45) is 0 Å². The zero-order valence-corrected chi connectivity index (χ0v) is 13.5. The van der Waals surface area contributed by atoms with E-state index in [2.05, 4.69) is 12.2 Å². The summed E-state index contributed by atoms with van der Waals surface area (Å²) in [5.74, 6) is 0.516. The van der Waals surface area contributed by atoms with Crippen LogP contribution in [-0.4, -0.2) is 41.4 Å². The summed E-state index contributed by atoms with van der Waals surface area (Å²) in [6.45, 7) is 2.07. The molecule has 0 fully saturated rings. The Labute approximate surface area is 124 Å².